The van der Waals surface area contributed by atoms with Gasteiger partial charge in [0.25, 0.3) is 0 Å². The van der Waals surface area contributed by atoms with E-state index >= 15 is 0 Å². The SMILES string of the molecule is CCCOc1cccc(CNC(=NC)NCC(C(C)C)N2CCOCC2)c1.I. The summed E-state index contributed by atoms with van der Waals surface area (Å²) in [6, 6.07) is 8.69. The number of guanidine groups is 1. The highest BCUT2D eigenvalue weighted by atomic mass is 127. The minimum Gasteiger partial charge on any atom is -0.494 e. The normalized spacial score (nSPS) is 16.4. The first kappa shape index (κ1) is 25.0. The third kappa shape index (κ3) is 8.53. The van der Waals surface area contributed by atoms with Crippen LogP contribution in [0.3, 0.4) is 0 Å². The van der Waals surface area contributed by atoms with Gasteiger partial charge >= 0.3 is 0 Å². The first-order valence-electron chi connectivity index (χ1n) is 10.1. The topological polar surface area (TPSA) is 58.1 Å². The van der Waals surface area contributed by atoms with Gasteiger partial charge in [0.05, 0.1) is 19.8 Å². The van der Waals surface area contributed by atoms with Crippen LogP contribution in [0.2, 0.25) is 0 Å². The number of halogens is 1. The van der Waals surface area contributed by atoms with Crippen molar-refractivity contribution in [2.75, 3.05) is 46.5 Å². The Balaban J connectivity index is 0.00000392. The van der Waals surface area contributed by atoms with Gasteiger partial charge in [0.2, 0.25) is 0 Å². The van der Waals surface area contributed by atoms with Gasteiger partial charge < -0.3 is 20.1 Å². The van der Waals surface area contributed by atoms with Crippen LogP contribution >= 0.6 is 24.0 Å². The second-order valence-corrected chi connectivity index (χ2v) is 7.26. The fourth-order valence-corrected chi connectivity index (χ4v) is 3.27. The van der Waals surface area contributed by atoms with E-state index in [1.54, 1.807) is 0 Å². The van der Waals surface area contributed by atoms with Gasteiger partial charge in [0, 0.05) is 39.3 Å². The molecule has 1 heterocycles. The van der Waals surface area contributed by atoms with E-state index in [-0.39, 0.29) is 24.0 Å². The summed E-state index contributed by atoms with van der Waals surface area (Å²) in [5, 5.41) is 6.90. The molecule has 1 atom stereocenters. The van der Waals surface area contributed by atoms with Crippen LogP contribution in [0.5, 0.6) is 5.75 Å². The van der Waals surface area contributed by atoms with Crippen molar-refractivity contribution in [2.45, 2.75) is 39.8 Å². The Bertz CT molecular complexity index is 577. The number of nitrogens with zero attached hydrogens (tertiary/aromatic N) is 2. The van der Waals surface area contributed by atoms with Crippen LogP contribution in [-0.4, -0.2) is 63.4 Å². The first-order chi connectivity index (χ1) is 13.1. The Kier molecular flexibility index (Phi) is 12.5. The molecule has 1 aromatic carbocycles. The molecular weight excluding hydrogens is 467 g/mol. The highest BCUT2D eigenvalue weighted by molar-refractivity contribution is 14.0. The van der Waals surface area contributed by atoms with Crippen molar-refractivity contribution in [3.05, 3.63) is 29.8 Å². The summed E-state index contributed by atoms with van der Waals surface area (Å²) in [5.74, 6) is 2.32. The summed E-state index contributed by atoms with van der Waals surface area (Å²) in [6.07, 6.45) is 1.01. The predicted octanol–water partition coefficient (Wildman–Crippen LogP) is 3.12. The summed E-state index contributed by atoms with van der Waals surface area (Å²) in [5.41, 5.74) is 1.18. The molecule has 0 spiro atoms. The molecule has 2 N–H and O–H groups in total. The summed E-state index contributed by atoms with van der Waals surface area (Å²) in [4.78, 5) is 6.89. The van der Waals surface area contributed by atoms with Crippen molar-refractivity contribution in [1.29, 1.82) is 0 Å². The fraction of sp³-hybridized carbons (Fsp3) is 0.667. The van der Waals surface area contributed by atoms with Crippen LogP contribution < -0.4 is 15.4 Å². The molecule has 0 radical (unpaired) electrons. The molecule has 1 saturated heterocycles. The lowest BCUT2D eigenvalue weighted by Crippen LogP contribution is -2.52. The van der Waals surface area contributed by atoms with Gasteiger partial charge in [0.15, 0.2) is 5.96 Å². The van der Waals surface area contributed by atoms with Crippen LogP contribution in [0, 0.1) is 5.92 Å². The van der Waals surface area contributed by atoms with Gasteiger partial charge in [0.1, 0.15) is 5.75 Å². The van der Waals surface area contributed by atoms with E-state index < -0.39 is 0 Å². The molecule has 1 aliphatic rings. The lowest BCUT2D eigenvalue weighted by Gasteiger charge is -2.37. The minimum absolute atomic E-state index is 0. The van der Waals surface area contributed by atoms with Gasteiger partial charge in [-0.15, -0.1) is 24.0 Å². The zero-order chi connectivity index (χ0) is 19.5. The van der Waals surface area contributed by atoms with E-state index in [4.69, 9.17) is 9.47 Å². The maximum atomic E-state index is 5.71. The molecule has 0 aliphatic carbocycles. The van der Waals surface area contributed by atoms with E-state index in [1.807, 2.05) is 19.2 Å². The standard InChI is InChI=1S/C21H36N4O2.HI/c1-5-11-27-19-8-6-7-18(14-19)15-23-21(22-4)24-16-20(17(2)3)25-9-12-26-13-10-25;/h6-8,14,17,20H,5,9-13,15-16H2,1-4H3,(H2,22,23,24);1H. The molecule has 0 aromatic heterocycles. The summed E-state index contributed by atoms with van der Waals surface area (Å²) in [6.45, 7) is 12.7. The van der Waals surface area contributed by atoms with E-state index in [1.165, 1.54) is 5.56 Å². The largest absolute Gasteiger partial charge is 0.494 e. The number of morpholine rings is 1. The van der Waals surface area contributed by atoms with Crippen LogP contribution in [0.4, 0.5) is 0 Å². The average Bonchev–Trinajstić information content (AvgIpc) is 2.69. The molecule has 6 nitrogen and oxygen atoms in total. The van der Waals surface area contributed by atoms with Crippen molar-refractivity contribution in [3.8, 4) is 5.75 Å². The molecular formula is C21H37IN4O2. The highest BCUT2D eigenvalue weighted by Crippen LogP contribution is 2.14. The van der Waals surface area contributed by atoms with E-state index in [2.05, 4.69) is 53.4 Å². The van der Waals surface area contributed by atoms with Gasteiger partial charge in [-0.2, -0.15) is 0 Å². The van der Waals surface area contributed by atoms with Gasteiger partial charge in [-0.1, -0.05) is 32.9 Å². The Labute approximate surface area is 187 Å². The molecule has 28 heavy (non-hydrogen) atoms. The summed E-state index contributed by atoms with van der Waals surface area (Å²) < 4.78 is 11.2. The number of hydrogen-bond donors (Lipinski definition) is 2. The van der Waals surface area contributed by atoms with Gasteiger partial charge in [-0.05, 0) is 30.0 Å². The summed E-state index contributed by atoms with van der Waals surface area (Å²) >= 11 is 0. The molecule has 1 fully saturated rings. The maximum absolute atomic E-state index is 5.71. The van der Waals surface area contributed by atoms with Crippen molar-refractivity contribution in [1.82, 2.24) is 15.5 Å². The van der Waals surface area contributed by atoms with Crippen molar-refractivity contribution >= 4 is 29.9 Å². The third-order valence-electron chi connectivity index (χ3n) is 4.82. The number of benzene rings is 1. The molecule has 0 saturated carbocycles. The molecule has 1 aromatic rings. The Morgan fingerprint density at radius 1 is 1.25 bits per heavy atom. The maximum Gasteiger partial charge on any atom is 0.191 e. The first-order valence-corrected chi connectivity index (χ1v) is 10.1. The predicted molar refractivity (Wildman–Crippen MR) is 127 cm³/mol. The second-order valence-electron chi connectivity index (χ2n) is 7.26. The van der Waals surface area contributed by atoms with E-state index in [0.29, 0.717) is 18.5 Å². The average molecular weight is 504 g/mol. The molecule has 7 heteroatoms. The minimum atomic E-state index is 0. The van der Waals surface area contributed by atoms with Gasteiger partial charge in [-0.3, -0.25) is 9.89 Å². The van der Waals surface area contributed by atoms with Crippen LogP contribution in [0.1, 0.15) is 32.8 Å². The number of aliphatic imine (C=N–C) groups is 1. The number of hydrogen-bond acceptors (Lipinski definition) is 4. The molecule has 0 amide bonds. The molecule has 2 rings (SSSR count). The van der Waals surface area contributed by atoms with E-state index in [0.717, 1.165) is 57.6 Å². The monoisotopic (exact) mass is 504 g/mol. The van der Waals surface area contributed by atoms with Crippen LogP contribution in [0.15, 0.2) is 29.3 Å². The van der Waals surface area contributed by atoms with Crippen LogP contribution in [-0.2, 0) is 11.3 Å². The molecule has 1 aliphatic heterocycles. The fourth-order valence-electron chi connectivity index (χ4n) is 3.27. The highest BCUT2D eigenvalue weighted by Gasteiger charge is 2.23. The quantitative estimate of drug-likeness (QED) is 0.308. The lowest BCUT2D eigenvalue weighted by molar-refractivity contribution is 0.00752. The second kappa shape index (κ2) is 14.0. The zero-order valence-electron chi connectivity index (χ0n) is 17.7. The Morgan fingerprint density at radius 2 is 2.00 bits per heavy atom. The zero-order valence-corrected chi connectivity index (χ0v) is 20.1. The van der Waals surface area contributed by atoms with Crippen molar-refractivity contribution in [3.63, 3.8) is 0 Å². The Morgan fingerprint density at radius 3 is 2.64 bits per heavy atom. The van der Waals surface area contributed by atoms with Gasteiger partial charge in [-0.25, -0.2) is 0 Å². The smallest absolute Gasteiger partial charge is 0.191 e. The number of ether oxygens (including phenoxy) is 2. The number of rotatable bonds is 9. The molecule has 160 valence electrons. The summed E-state index contributed by atoms with van der Waals surface area (Å²) in [7, 11) is 1.81. The van der Waals surface area contributed by atoms with E-state index in [9.17, 15) is 0 Å². The number of nitrogens with one attached hydrogen (secondary N) is 2. The Hall–Kier alpha value is -1.06. The van der Waals surface area contributed by atoms with Crippen LogP contribution in [0.25, 0.3) is 0 Å². The van der Waals surface area contributed by atoms with Crippen molar-refractivity contribution < 1.29 is 9.47 Å². The molecule has 0 bridgehead atoms. The third-order valence-corrected chi connectivity index (χ3v) is 4.82. The van der Waals surface area contributed by atoms with Crippen molar-refractivity contribution in [2.24, 2.45) is 10.9 Å². The molecule has 1 unspecified atom stereocenters. The lowest BCUT2D eigenvalue weighted by atomic mass is 10.0.